The summed E-state index contributed by atoms with van der Waals surface area (Å²) >= 11 is 0. The molecular formula is C18H23N3O2. The van der Waals surface area contributed by atoms with E-state index >= 15 is 0 Å². The van der Waals surface area contributed by atoms with Crippen LogP contribution >= 0.6 is 0 Å². The first-order valence-corrected chi connectivity index (χ1v) is 8.60. The van der Waals surface area contributed by atoms with Gasteiger partial charge in [0.15, 0.2) is 5.82 Å². The summed E-state index contributed by atoms with van der Waals surface area (Å²) < 4.78 is 11.4. The maximum Gasteiger partial charge on any atom is 0.257 e. The van der Waals surface area contributed by atoms with Crippen molar-refractivity contribution in [3.05, 3.63) is 47.6 Å². The predicted molar refractivity (Wildman–Crippen MR) is 85.9 cm³/mol. The monoisotopic (exact) mass is 313 g/mol. The molecule has 1 atom stereocenters. The van der Waals surface area contributed by atoms with Crippen LogP contribution in [0.1, 0.15) is 55.0 Å². The zero-order valence-corrected chi connectivity index (χ0v) is 13.4. The molecule has 5 nitrogen and oxygen atoms in total. The Kier molecular flexibility index (Phi) is 4.39. The van der Waals surface area contributed by atoms with Crippen molar-refractivity contribution >= 4 is 0 Å². The van der Waals surface area contributed by atoms with E-state index in [2.05, 4.69) is 45.4 Å². The lowest BCUT2D eigenvalue weighted by atomic mass is 10.1. The van der Waals surface area contributed by atoms with Crippen LogP contribution in [0, 0.1) is 0 Å². The van der Waals surface area contributed by atoms with E-state index in [9.17, 15) is 0 Å². The summed E-state index contributed by atoms with van der Waals surface area (Å²) in [5.74, 6) is 2.00. The van der Waals surface area contributed by atoms with Gasteiger partial charge in [-0.25, -0.2) is 0 Å². The smallest absolute Gasteiger partial charge is 0.257 e. The topological polar surface area (TPSA) is 51.4 Å². The lowest BCUT2D eigenvalue weighted by Crippen LogP contribution is -2.37. The van der Waals surface area contributed by atoms with Gasteiger partial charge in [-0.1, -0.05) is 48.3 Å². The molecule has 2 fully saturated rings. The number of morpholine rings is 1. The number of rotatable bonds is 4. The van der Waals surface area contributed by atoms with E-state index in [-0.39, 0.29) is 6.10 Å². The molecule has 1 aliphatic carbocycles. The Bertz CT molecular complexity index is 622. The van der Waals surface area contributed by atoms with Crippen LogP contribution in [0.4, 0.5) is 0 Å². The largest absolute Gasteiger partial charge is 0.366 e. The van der Waals surface area contributed by atoms with Crippen LogP contribution < -0.4 is 0 Å². The minimum absolute atomic E-state index is 0.102. The van der Waals surface area contributed by atoms with Crippen LogP contribution in [-0.2, 0) is 11.3 Å². The van der Waals surface area contributed by atoms with Crippen molar-refractivity contribution in [1.29, 1.82) is 0 Å². The minimum Gasteiger partial charge on any atom is -0.366 e. The fraction of sp³-hybridized carbons (Fsp3) is 0.556. The molecule has 2 aliphatic rings. The molecule has 1 aromatic heterocycles. The maximum absolute atomic E-state index is 5.87. The van der Waals surface area contributed by atoms with Gasteiger partial charge in [0.1, 0.15) is 6.10 Å². The van der Waals surface area contributed by atoms with Crippen LogP contribution in [-0.4, -0.2) is 34.7 Å². The highest BCUT2D eigenvalue weighted by Crippen LogP contribution is 2.33. The lowest BCUT2D eigenvalue weighted by molar-refractivity contribution is -0.0475. The molecule has 0 N–H and O–H groups in total. The highest BCUT2D eigenvalue weighted by Gasteiger charge is 2.29. The van der Waals surface area contributed by atoms with Crippen LogP contribution in [0.3, 0.4) is 0 Å². The van der Waals surface area contributed by atoms with E-state index in [0.29, 0.717) is 18.4 Å². The summed E-state index contributed by atoms with van der Waals surface area (Å²) in [4.78, 5) is 7.02. The van der Waals surface area contributed by atoms with Gasteiger partial charge in [0.05, 0.1) is 6.61 Å². The first kappa shape index (κ1) is 14.8. The number of nitrogens with zero attached hydrogens (tertiary/aromatic N) is 3. The van der Waals surface area contributed by atoms with E-state index in [1.165, 1.54) is 31.2 Å². The second-order valence-corrected chi connectivity index (χ2v) is 6.55. The molecule has 1 aliphatic heterocycles. The predicted octanol–water partition coefficient (Wildman–Crippen LogP) is 3.30. The van der Waals surface area contributed by atoms with Crippen LogP contribution in [0.15, 0.2) is 34.9 Å². The number of hydrogen-bond donors (Lipinski definition) is 0. The van der Waals surface area contributed by atoms with Crippen LogP contribution in [0.5, 0.6) is 0 Å². The fourth-order valence-electron chi connectivity index (χ4n) is 3.57. The first-order chi connectivity index (χ1) is 11.4. The van der Waals surface area contributed by atoms with Crippen molar-refractivity contribution in [2.75, 3.05) is 19.7 Å². The molecule has 5 heteroatoms. The molecule has 0 bridgehead atoms. The summed E-state index contributed by atoms with van der Waals surface area (Å²) in [5, 5.41) is 4.20. The molecule has 23 heavy (non-hydrogen) atoms. The average Bonchev–Trinajstić information content (AvgIpc) is 3.28. The van der Waals surface area contributed by atoms with Gasteiger partial charge in [0.25, 0.3) is 5.89 Å². The second kappa shape index (κ2) is 6.81. The number of ether oxygens (including phenoxy) is 1. The Morgan fingerprint density at radius 2 is 1.96 bits per heavy atom. The number of hydrogen-bond acceptors (Lipinski definition) is 5. The Hall–Kier alpha value is -1.72. The van der Waals surface area contributed by atoms with Crippen molar-refractivity contribution in [3.8, 4) is 0 Å². The van der Waals surface area contributed by atoms with E-state index in [1.807, 2.05) is 0 Å². The highest BCUT2D eigenvalue weighted by atomic mass is 16.5. The molecule has 122 valence electrons. The fourth-order valence-corrected chi connectivity index (χ4v) is 3.57. The Morgan fingerprint density at radius 3 is 2.78 bits per heavy atom. The lowest BCUT2D eigenvalue weighted by Gasteiger charge is -2.31. The van der Waals surface area contributed by atoms with Gasteiger partial charge in [-0.2, -0.15) is 4.98 Å². The molecule has 1 saturated carbocycles. The van der Waals surface area contributed by atoms with Crippen LogP contribution in [0.2, 0.25) is 0 Å². The van der Waals surface area contributed by atoms with Gasteiger partial charge < -0.3 is 9.26 Å². The van der Waals surface area contributed by atoms with Crippen LogP contribution in [0.25, 0.3) is 0 Å². The normalized spacial score (nSPS) is 23.4. The Morgan fingerprint density at radius 1 is 1.13 bits per heavy atom. The summed E-state index contributed by atoms with van der Waals surface area (Å²) in [6.07, 6.45) is 4.82. The molecule has 0 spiro atoms. The Labute approximate surface area is 136 Å². The Balaban J connectivity index is 1.41. The van der Waals surface area contributed by atoms with Gasteiger partial charge >= 0.3 is 0 Å². The van der Waals surface area contributed by atoms with Crippen molar-refractivity contribution in [3.63, 3.8) is 0 Å². The van der Waals surface area contributed by atoms with Crippen molar-refractivity contribution in [2.45, 2.75) is 44.2 Å². The minimum atomic E-state index is -0.102. The molecule has 1 saturated heterocycles. The third-order valence-electron chi connectivity index (χ3n) is 4.85. The average molecular weight is 313 g/mol. The molecule has 0 unspecified atom stereocenters. The van der Waals surface area contributed by atoms with E-state index in [1.54, 1.807) is 0 Å². The van der Waals surface area contributed by atoms with Gasteiger partial charge in [-0.15, -0.1) is 0 Å². The van der Waals surface area contributed by atoms with E-state index in [0.717, 1.165) is 25.5 Å². The zero-order valence-electron chi connectivity index (χ0n) is 13.4. The van der Waals surface area contributed by atoms with E-state index < -0.39 is 0 Å². The summed E-state index contributed by atoms with van der Waals surface area (Å²) in [6, 6.07) is 10.5. The third-order valence-corrected chi connectivity index (χ3v) is 4.85. The van der Waals surface area contributed by atoms with Gasteiger partial charge in [-0.05, 0) is 18.4 Å². The molecule has 1 aromatic carbocycles. The maximum atomic E-state index is 5.87. The zero-order chi connectivity index (χ0) is 15.5. The summed E-state index contributed by atoms with van der Waals surface area (Å²) in [6.45, 7) is 3.39. The summed E-state index contributed by atoms with van der Waals surface area (Å²) in [5.41, 5.74) is 1.32. The second-order valence-electron chi connectivity index (χ2n) is 6.55. The SMILES string of the molecule is c1ccc(CN2CCO[C@@H](c3nc(C4CCCC4)no3)C2)cc1. The van der Waals surface area contributed by atoms with Gasteiger partial charge in [0.2, 0.25) is 0 Å². The summed E-state index contributed by atoms with van der Waals surface area (Å²) in [7, 11) is 0. The molecule has 0 radical (unpaired) electrons. The van der Waals surface area contributed by atoms with Crippen molar-refractivity contribution in [1.82, 2.24) is 15.0 Å². The van der Waals surface area contributed by atoms with Crippen molar-refractivity contribution < 1.29 is 9.26 Å². The molecule has 4 rings (SSSR count). The van der Waals surface area contributed by atoms with Gasteiger partial charge in [-0.3, -0.25) is 4.90 Å². The molecular weight excluding hydrogens is 290 g/mol. The van der Waals surface area contributed by atoms with Crippen molar-refractivity contribution in [2.24, 2.45) is 0 Å². The molecule has 2 aromatic rings. The number of aromatic nitrogens is 2. The first-order valence-electron chi connectivity index (χ1n) is 8.60. The quantitative estimate of drug-likeness (QED) is 0.867. The third kappa shape index (κ3) is 3.46. The molecule has 2 heterocycles. The van der Waals surface area contributed by atoms with Gasteiger partial charge in [0, 0.05) is 25.6 Å². The molecule has 0 amide bonds. The standard InChI is InChI=1S/C18H23N3O2/c1-2-6-14(7-3-1)12-21-10-11-22-16(13-21)18-19-17(20-23-18)15-8-4-5-9-15/h1-3,6-7,15-16H,4-5,8-13H2/t16-/m1/s1. The van der Waals surface area contributed by atoms with E-state index in [4.69, 9.17) is 9.26 Å². The highest BCUT2D eigenvalue weighted by molar-refractivity contribution is 5.14. The number of benzene rings is 1.